The van der Waals surface area contributed by atoms with Crippen LogP contribution in [-0.2, 0) is 11.4 Å². The second kappa shape index (κ2) is 4.40. The molecule has 5 nitrogen and oxygen atoms in total. The summed E-state index contributed by atoms with van der Waals surface area (Å²) in [6, 6.07) is 0. The van der Waals surface area contributed by atoms with E-state index in [0.717, 1.165) is 0 Å². The van der Waals surface area contributed by atoms with Crippen LogP contribution in [0.1, 0.15) is 20.8 Å². The maximum absolute atomic E-state index is 11.5. The molecule has 0 aliphatic carbocycles. The molecule has 6 heteroatoms. The predicted molar refractivity (Wildman–Crippen MR) is 59.5 cm³/mol. The van der Waals surface area contributed by atoms with Crippen LogP contribution in [0.4, 0.5) is 4.79 Å². The Hall–Kier alpha value is -0.750. The average Bonchev–Trinajstić information content (AvgIpc) is 1.98. The summed E-state index contributed by atoms with van der Waals surface area (Å²) in [4.78, 5) is 11.7. The van der Waals surface area contributed by atoms with E-state index in [4.69, 9.17) is 5.11 Å². The molecule has 0 spiro atoms. The molecule has 0 bridgehead atoms. The number of likely N-dealkylation sites (tertiary alicyclic amines) is 1. The lowest BCUT2D eigenvalue weighted by Crippen LogP contribution is -2.50. The average molecular weight is 232 g/mol. The largest absolute Gasteiger partial charge is 0.591 e. The van der Waals surface area contributed by atoms with E-state index in [1.165, 1.54) is 4.90 Å². The number of rotatable bonds is 2. The highest BCUT2D eigenvalue weighted by atomic mass is 32.2. The molecule has 0 aromatic carbocycles. The molecule has 1 N–H and O–H groups in total. The first-order chi connectivity index (χ1) is 6.80. The standard InChI is InChI=1S/C9H16N2O3S/c1-9(2,3)15(14)10-4-7-5-11(6-7)8(12)13/h4,7H,5-6H2,1-3H3,(H,12,13)/t15-/m0/s1. The van der Waals surface area contributed by atoms with Gasteiger partial charge in [0, 0.05) is 19.0 Å². The van der Waals surface area contributed by atoms with Crippen LogP contribution in [0.25, 0.3) is 0 Å². The Morgan fingerprint density at radius 3 is 2.53 bits per heavy atom. The fourth-order valence-corrected chi connectivity index (χ4v) is 1.66. The molecule has 1 saturated heterocycles. The van der Waals surface area contributed by atoms with E-state index in [2.05, 4.69) is 4.40 Å². The summed E-state index contributed by atoms with van der Waals surface area (Å²) in [5, 5.41) is 8.58. The van der Waals surface area contributed by atoms with Gasteiger partial charge in [-0.25, -0.2) is 4.79 Å². The van der Waals surface area contributed by atoms with Crippen molar-refractivity contribution in [2.24, 2.45) is 10.3 Å². The van der Waals surface area contributed by atoms with Gasteiger partial charge in [-0.2, -0.15) is 0 Å². The molecule has 15 heavy (non-hydrogen) atoms. The van der Waals surface area contributed by atoms with E-state index < -0.39 is 17.5 Å². The molecule has 0 aromatic rings. The van der Waals surface area contributed by atoms with E-state index in [0.29, 0.717) is 13.1 Å². The Balaban J connectivity index is 2.33. The summed E-state index contributed by atoms with van der Waals surface area (Å²) in [5.74, 6) is 0.118. The molecule has 1 aliphatic heterocycles. The van der Waals surface area contributed by atoms with Crippen molar-refractivity contribution in [1.82, 2.24) is 4.90 Å². The predicted octanol–water partition coefficient (Wildman–Crippen LogP) is 1.13. The van der Waals surface area contributed by atoms with Gasteiger partial charge >= 0.3 is 6.09 Å². The Morgan fingerprint density at radius 2 is 2.13 bits per heavy atom. The van der Waals surface area contributed by atoms with Gasteiger partial charge in [0.15, 0.2) is 0 Å². The van der Waals surface area contributed by atoms with Crippen molar-refractivity contribution in [3.8, 4) is 0 Å². The molecule has 1 fully saturated rings. The zero-order valence-corrected chi connectivity index (χ0v) is 9.95. The number of amides is 1. The number of hydrogen-bond donors (Lipinski definition) is 1. The molecule has 1 atom stereocenters. The highest BCUT2D eigenvalue weighted by molar-refractivity contribution is 7.91. The molecular formula is C9H16N2O3S. The van der Waals surface area contributed by atoms with Crippen molar-refractivity contribution in [3.63, 3.8) is 0 Å². The van der Waals surface area contributed by atoms with Crippen LogP contribution < -0.4 is 0 Å². The van der Waals surface area contributed by atoms with Gasteiger partial charge in [0.25, 0.3) is 0 Å². The number of nitrogens with zero attached hydrogens (tertiary/aromatic N) is 2. The van der Waals surface area contributed by atoms with Gasteiger partial charge in [-0.15, -0.1) is 0 Å². The summed E-state index contributed by atoms with van der Waals surface area (Å²) in [7, 11) is 0. The van der Waals surface area contributed by atoms with Gasteiger partial charge in [-0.1, -0.05) is 4.40 Å². The number of carboxylic acid groups (broad SMARTS) is 1. The van der Waals surface area contributed by atoms with Gasteiger partial charge in [0.2, 0.25) is 0 Å². The molecule has 1 rings (SSSR count). The lowest BCUT2D eigenvalue weighted by Gasteiger charge is -2.34. The van der Waals surface area contributed by atoms with E-state index in [1.54, 1.807) is 6.21 Å². The van der Waals surface area contributed by atoms with Gasteiger partial charge in [0.1, 0.15) is 16.1 Å². The Morgan fingerprint density at radius 1 is 1.60 bits per heavy atom. The monoisotopic (exact) mass is 232 g/mol. The minimum atomic E-state index is -1.24. The minimum Gasteiger partial charge on any atom is -0.591 e. The van der Waals surface area contributed by atoms with Crippen molar-refractivity contribution < 1.29 is 14.5 Å². The highest BCUT2D eigenvalue weighted by Gasteiger charge is 2.31. The SMILES string of the molecule is CC(C)(C)[S@+]([O-])N=CC1CN(C(=O)O)C1. The smallest absolute Gasteiger partial charge is 0.407 e. The summed E-state index contributed by atoms with van der Waals surface area (Å²) >= 11 is -1.24. The van der Waals surface area contributed by atoms with Crippen molar-refractivity contribution in [2.45, 2.75) is 25.5 Å². The molecule has 1 heterocycles. The number of carbonyl (C=O) groups is 1. The second-order valence-electron chi connectivity index (χ2n) is 4.56. The summed E-state index contributed by atoms with van der Waals surface area (Å²) in [6.07, 6.45) is 0.706. The van der Waals surface area contributed by atoms with Crippen LogP contribution >= 0.6 is 0 Å². The van der Waals surface area contributed by atoms with Crippen molar-refractivity contribution in [1.29, 1.82) is 0 Å². The molecule has 86 valence electrons. The van der Waals surface area contributed by atoms with Crippen molar-refractivity contribution in [2.75, 3.05) is 13.1 Å². The lowest BCUT2D eigenvalue weighted by atomic mass is 10.0. The Labute approximate surface area is 92.5 Å². The van der Waals surface area contributed by atoms with Crippen molar-refractivity contribution >= 4 is 23.7 Å². The van der Waals surface area contributed by atoms with E-state index in [9.17, 15) is 9.35 Å². The molecular weight excluding hydrogens is 216 g/mol. The summed E-state index contributed by atoms with van der Waals surface area (Å²) < 4.78 is 15.1. The molecule has 0 saturated carbocycles. The topological polar surface area (TPSA) is 76.0 Å². The third-order valence-corrected chi connectivity index (χ3v) is 3.43. The maximum atomic E-state index is 11.5. The first-order valence-electron chi connectivity index (χ1n) is 4.75. The fourth-order valence-electron chi connectivity index (χ4n) is 1.06. The van der Waals surface area contributed by atoms with Crippen LogP contribution in [0.3, 0.4) is 0 Å². The van der Waals surface area contributed by atoms with E-state index in [1.807, 2.05) is 20.8 Å². The van der Waals surface area contributed by atoms with Gasteiger partial charge in [-0.3, -0.25) is 0 Å². The second-order valence-corrected chi connectivity index (χ2v) is 6.50. The van der Waals surface area contributed by atoms with Crippen LogP contribution in [0.15, 0.2) is 4.40 Å². The zero-order chi connectivity index (χ0) is 11.6. The lowest BCUT2D eigenvalue weighted by molar-refractivity contribution is 0.104. The van der Waals surface area contributed by atoms with E-state index >= 15 is 0 Å². The van der Waals surface area contributed by atoms with E-state index in [-0.39, 0.29) is 10.7 Å². The maximum Gasteiger partial charge on any atom is 0.407 e. The molecule has 1 amide bonds. The summed E-state index contributed by atoms with van der Waals surface area (Å²) in [6.45, 7) is 6.47. The first kappa shape index (κ1) is 12.3. The van der Waals surface area contributed by atoms with Gasteiger partial charge in [0.05, 0.1) is 6.21 Å². The van der Waals surface area contributed by atoms with Crippen molar-refractivity contribution in [3.05, 3.63) is 0 Å². The van der Waals surface area contributed by atoms with Crippen LogP contribution in [0.2, 0.25) is 0 Å². The molecule has 1 aliphatic rings. The Kier molecular flexibility index (Phi) is 3.62. The minimum absolute atomic E-state index is 0.118. The molecule has 0 aromatic heterocycles. The highest BCUT2D eigenvalue weighted by Crippen LogP contribution is 2.18. The van der Waals surface area contributed by atoms with Crippen LogP contribution in [0.5, 0.6) is 0 Å². The number of hydrogen-bond acceptors (Lipinski definition) is 3. The van der Waals surface area contributed by atoms with Gasteiger partial charge < -0.3 is 14.6 Å². The third kappa shape index (κ3) is 3.39. The zero-order valence-electron chi connectivity index (χ0n) is 9.14. The van der Waals surface area contributed by atoms with Crippen LogP contribution in [0, 0.1) is 5.92 Å². The molecule has 0 unspecified atom stereocenters. The normalized spacial score (nSPS) is 20.4. The molecule has 0 radical (unpaired) electrons. The third-order valence-electron chi connectivity index (χ3n) is 2.07. The Bertz CT molecular complexity index is 269. The van der Waals surface area contributed by atoms with Crippen LogP contribution in [-0.4, -0.2) is 44.7 Å². The fraction of sp³-hybridized carbons (Fsp3) is 0.778. The van der Waals surface area contributed by atoms with Gasteiger partial charge in [-0.05, 0) is 20.8 Å². The quantitative estimate of drug-likeness (QED) is 0.572. The summed E-state index contributed by atoms with van der Waals surface area (Å²) in [5.41, 5.74) is 0. The first-order valence-corrected chi connectivity index (χ1v) is 5.85.